The Hall–Kier alpha value is -4.72. The summed E-state index contributed by atoms with van der Waals surface area (Å²) in [6.07, 6.45) is 0. The van der Waals surface area contributed by atoms with E-state index in [9.17, 15) is 0 Å². The second kappa shape index (κ2) is 9.73. The lowest BCUT2D eigenvalue weighted by molar-refractivity contribution is 1.61. The van der Waals surface area contributed by atoms with Crippen molar-refractivity contribution < 1.29 is 0 Å². The van der Waals surface area contributed by atoms with Gasteiger partial charge in [-0.05, 0) is 83.0 Å². The Kier molecular flexibility index (Phi) is 5.72. The zero-order chi connectivity index (χ0) is 27.3. The molecule has 0 nitrogen and oxygen atoms in total. The molecule has 0 radical (unpaired) electrons. The van der Waals surface area contributed by atoms with E-state index in [-0.39, 0.29) is 0 Å². The van der Waals surface area contributed by atoms with E-state index in [2.05, 4.69) is 168 Å². The summed E-state index contributed by atoms with van der Waals surface area (Å²) in [7, 11) is 0. The number of hydrogen-bond donors (Lipinski definition) is 0. The predicted octanol–water partition coefficient (Wildman–Crippen LogP) is 12.1. The molecule has 0 aliphatic carbocycles. The van der Waals surface area contributed by atoms with E-state index in [1.54, 1.807) is 0 Å². The molecule has 0 N–H and O–H groups in total. The molecule has 192 valence electrons. The van der Waals surface area contributed by atoms with Crippen molar-refractivity contribution in [1.29, 1.82) is 0 Å². The summed E-state index contributed by atoms with van der Waals surface area (Å²) in [5.74, 6) is 0. The highest BCUT2D eigenvalue weighted by Gasteiger charge is 2.18. The molecule has 0 aromatic heterocycles. The lowest BCUT2D eigenvalue weighted by Crippen LogP contribution is -1.92. The molecule has 0 atom stereocenters. The van der Waals surface area contributed by atoms with E-state index in [0.717, 1.165) is 4.47 Å². The largest absolute Gasteiger partial charge is 0.0616 e. The zero-order valence-electron chi connectivity index (χ0n) is 22.3. The number of benzene rings is 8. The van der Waals surface area contributed by atoms with Gasteiger partial charge in [0.2, 0.25) is 0 Å². The molecule has 0 aliphatic heterocycles. The van der Waals surface area contributed by atoms with Gasteiger partial charge in [0.25, 0.3) is 0 Å². The predicted molar refractivity (Wildman–Crippen MR) is 180 cm³/mol. The van der Waals surface area contributed by atoms with Crippen LogP contribution in [-0.2, 0) is 0 Å². The standard InChI is InChI=1S/C40H25Br/c41-37-24-23-27-12-2-4-17-31(27)39(37)29-15-9-14-28(25-29)38-33-18-5-7-20-35(33)40(36-21-8-6-19-34(36)38)32-22-10-13-26-11-1-3-16-30(26)32/h1-25H. The molecule has 0 spiro atoms. The molecule has 0 bridgehead atoms. The first kappa shape index (κ1) is 24.1. The van der Waals surface area contributed by atoms with Crippen molar-refractivity contribution in [3.63, 3.8) is 0 Å². The smallest absolute Gasteiger partial charge is 0.0260 e. The highest BCUT2D eigenvalue weighted by Crippen LogP contribution is 2.46. The minimum Gasteiger partial charge on any atom is -0.0616 e. The molecule has 0 aliphatic rings. The van der Waals surface area contributed by atoms with Crippen molar-refractivity contribution in [2.24, 2.45) is 0 Å². The van der Waals surface area contributed by atoms with Gasteiger partial charge in [-0.1, -0.05) is 155 Å². The Morgan fingerprint density at radius 3 is 1.44 bits per heavy atom. The third-order valence-corrected chi connectivity index (χ3v) is 8.97. The van der Waals surface area contributed by atoms with Crippen molar-refractivity contribution in [3.8, 4) is 33.4 Å². The minimum absolute atomic E-state index is 1.11. The summed E-state index contributed by atoms with van der Waals surface area (Å²) in [5.41, 5.74) is 7.50. The summed E-state index contributed by atoms with van der Waals surface area (Å²) in [5, 5.41) is 10.1. The van der Waals surface area contributed by atoms with Gasteiger partial charge in [-0.2, -0.15) is 0 Å². The molecule has 0 fully saturated rings. The van der Waals surface area contributed by atoms with Crippen LogP contribution in [0.2, 0.25) is 0 Å². The number of fused-ring (bicyclic) bond motifs is 4. The van der Waals surface area contributed by atoms with Gasteiger partial charge in [-0.3, -0.25) is 0 Å². The summed E-state index contributed by atoms with van der Waals surface area (Å²) >= 11 is 3.87. The van der Waals surface area contributed by atoms with Gasteiger partial charge in [0.1, 0.15) is 0 Å². The zero-order valence-corrected chi connectivity index (χ0v) is 23.9. The minimum atomic E-state index is 1.11. The quantitative estimate of drug-likeness (QED) is 0.181. The molecule has 8 aromatic carbocycles. The average Bonchev–Trinajstić information content (AvgIpc) is 3.03. The lowest BCUT2D eigenvalue weighted by atomic mass is 9.84. The Bertz CT molecular complexity index is 2210. The molecule has 8 rings (SSSR count). The molecular formula is C40H25Br. The monoisotopic (exact) mass is 584 g/mol. The molecule has 0 saturated carbocycles. The van der Waals surface area contributed by atoms with Gasteiger partial charge in [0, 0.05) is 10.0 Å². The maximum absolute atomic E-state index is 3.87. The Labute approximate surface area is 247 Å². The summed E-state index contributed by atoms with van der Waals surface area (Å²) in [4.78, 5) is 0. The number of rotatable bonds is 3. The average molecular weight is 586 g/mol. The molecule has 1 heteroatoms. The fraction of sp³-hybridized carbons (Fsp3) is 0. The van der Waals surface area contributed by atoms with Crippen LogP contribution in [0.4, 0.5) is 0 Å². The fourth-order valence-corrected chi connectivity index (χ4v) is 7.12. The van der Waals surface area contributed by atoms with Crippen molar-refractivity contribution in [3.05, 3.63) is 156 Å². The molecule has 0 unspecified atom stereocenters. The van der Waals surface area contributed by atoms with Gasteiger partial charge in [-0.25, -0.2) is 0 Å². The highest BCUT2D eigenvalue weighted by atomic mass is 79.9. The molecule has 41 heavy (non-hydrogen) atoms. The molecule has 0 saturated heterocycles. The fourth-order valence-electron chi connectivity index (χ4n) is 6.54. The second-order valence-corrected chi connectivity index (χ2v) is 11.4. The van der Waals surface area contributed by atoms with Gasteiger partial charge in [-0.15, -0.1) is 0 Å². The van der Waals surface area contributed by atoms with Crippen molar-refractivity contribution in [2.45, 2.75) is 0 Å². The Balaban J connectivity index is 1.46. The summed E-state index contributed by atoms with van der Waals surface area (Å²) in [6.45, 7) is 0. The maximum Gasteiger partial charge on any atom is 0.0260 e. The third kappa shape index (κ3) is 3.89. The van der Waals surface area contributed by atoms with E-state index in [1.165, 1.54) is 76.5 Å². The Morgan fingerprint density at radius 1 is 0.317 bits per heavy atom. The van der Waals surface area contributed by atoms with E-state index in [4.69, 9.17) is 0 Å². The summed E-state index contributed by atoms with van der Waals surface area (Å²) in [6, 6.07) is 55.2. The van der Waals surface area contributed by atoms with E-state index < -0.39 is 0 Å². The van der Waals surface area contributed by atoms with E-state index in [0.29, 0.717) is 0 Å². The number of halogens is 1. The molecular weight excluding hydrogens is 560 g/mol. The van der Waals surface area contributed by atoms with Gasteiger partial charge < -0.3 is 0 Å². The highest BCUT2D eigenvalue weighted by molar-refractivity contribution is 9.10. The molecule has 0 amide bonds. The topological polar surface area (TPSA) is 0 Å². The van der Waals surface area contributed by atoms with Crippen LogP contribution >= 0.6 is 15.9 Å². The lowest BCUT2D eigenvalue weighted by Gasteiger charge is -2.19. The normalized spacial score (nSPS) is 11.5. The maximum atomic E-state index is 3.87. The van der Waals surface area contributed by atoms with E-state index in [1.807, 2.05) is 0 Å². The third-order valence-electron chi connectivity index (χ3n) is 8.31. The second-order valence-electron chi connectivity index (χ2n) is 10.6. The van der Waals surface area contributed by atoms with Gasteiger partial charge in [0.05, 0.1) is 0 Å². The van der Waals surface area contributed by atoms with Crippen LogP contribution < -0.4 is 0 Å². The first-order valence-corrected chi connectivity index (χ1v) is 14.8. The van der Waals surface area contributed by atoms with Crippen LogP contribution in [0.1, 0.15) is 0 Å². The van der Waals surface area contributed by atoms with Gasteiger partial charge >= 0.3 is 0 Å². The summed E-state index contributed by atoms with van der Waals surface area (Å²) < 4.78 is 1.11. The van der Waals surface area contributed by atoms with Crippen molar-refractivity contribution in [1.82, 2.24) is 0 Å². The van der Waals surface area contributed by atoms with Crippen molar-refractivity contribution >= 4 is 59.0 Å². The van der Waals surface area contributed by atoms with E-state index >= 15 is 0 Å². The van der Waals surface area contributed by atoms with Crippen LogP contribution in [-0.4, -0.2) is 0 Å². The van der Waals surface area contributed by atoms with Crippen LogP contribution in [0.5, 0.6) is 0 Å². The Morgan fingerprint density at radius 2 is 0.780 bits per heavy atom. The van der Waals surface area contributed by atoms with Crippen LogP contribution in [0, 0.1) is 0 Å². The van der Waals surface area contributed by atoms with Gasteiger partial charge in [0.15, 0.2) is 0 Å². The first-order chi connectivity index (χ1) is 20.3. The molecule has 8 aromatic rings. The first-order valence-electron chi connectivity index (χ1n) is 14.0. The van der Waals surface area contributed by atoms with Crippen LogP contribution in [0.3, 0.4) is 0 Å². The SMILES string of the molecule is Brc1ccc2ccccc2c1-c1cccc(-c2c3ccccc3c(-c3cccc4ccccc34)c3ccccc23)c1. The van der Waals surface area contributed by atoms with Crippen molar-refractivity contribution in [2.75, 3.05) is 0 Å². The molecule has 0 heterocycles. The number of hydrogen-bond acceptors (Lipinski definition) is 0. The van der Waals surface area contributed by atoms with Crippen LogP contribution in [0.25, 0.3) is 76.5 Å². The van der Waals surface area contributed by atoms with Crippen LogP contribution in [0.15, 0.2) is 156 Å².